The smallest absolute Gasteiger partial charge is 0.161 e. The molecular weight excluding hydrogens is 326 g/mol. The predicted octanol–water partition coefficient (Wildman–Crippen LogP) is 2.43. The maximum absolute atomic E-state index is 12.0. The zero-order valence-corrected chi connectivity index (χ0v) is 15.9. The largest absolute Gasteiger partial charge is 0.368 e. The Hall–Kier alpha value is -2.65. The van der Waals surface area contributed by atoms with Crippen molar-refractivity contribution in [2.24, 2.45) is 7.05 Å². The Morgan fingerprint density at radius 3 is 2.46 bits per heavy atom. The van der Waals surface area contributed by atoms with Gasteiger partial charge in [0.2, 0.25) is 0 Å². The number of anilines is 1. The highest BCUT2D eigenvalue weighted by Crippen LogP contribution is 2.25. The first kappa shape index (κ1) is 18.2. The number of piperazine rings is 1. The molecule has 1 fully saturated rings. The predicted molar refractivity (Wildman–Crippen MR) is 101 cm³/mol. The molecule has 0 radical (unpaired) electrons. The Morgan fingerprint density at radius 1 is 1.23 bits per heavy atom. The van der Waals surface area contributed by atoms with Crippen LogP contribution in [-0.2, 0) is 13.6 Å². The van der Waals surface area contributed by atoms with Crippen molar-refractivity contribution < 1.29 is 4.79 Å². The summed E-state index contributed by atoms with van der Waals surface area (Å²) in [7, 11) is 1.98. The first-order chi connectivity index (χ1) is 12.4. The average Bonchev–Trinajstić information content (AvgIpc) is 2.88. The van der Waals surface area contributed by atoms with E-state index in [2.05, 4.69) is 34.8 Å². The maximum atomic E-state index is 12.0. The van der Waals surface area contributed by atoms with Gasteiger partial charge >= 0.3 is 0 Å². The summed E-state index contributed by atoms with van der Waals surface area (Å²) in [4.78, 5) is 16.6. The van der Waals surface area contributed by atoms with Crippen LogP contribution in [0, 0.1) is 25.2 Å². The highest BCUT2D eigenvalue weighted by molar-refractivity contribution is 6.00. The van der Waals surface area contributed by atoms with E-state index in [-0.39, 0.29) is 5.78 Å². The molecule has 0 bridgehead atoms. The van der Waals surface area contributed by atoms with Crippen LogP contribution >= 0.6 is 0 Å². The number of hydrogen-bond acceptors (Lipinski definition) is 5. The van der Waals surface area contributed by atoms with Crippen molar-refractivity contribution in [1.82, 2.24) is 14.7 Å². The minimum Gasteiger partial charge on any atom is -0.368 e. The molecule has 2 heterocycles. The highest BCUT2D eigenvalue weighted by atomic mass is 16.1. The first-order valence-electron chi connectivity index (χ1n) is 8.92. The second-order valence-electron chi connectivity index (χ2n) is 6.94. The van der Waals surface area contributed by atoms with E-state index in [1.165, 1.54) is 11.3 Å². The van der Waals surface area contributed by atoms with Gasteiger partial charge in [0.1, 0.15) is 0 Å². The van der Waals surface area contributed by atoms with Crippen molar-refractivity contribution in [3.8, 4) is 6.07 Å². The van der Waals surface area contributed by atoms with E-state index in [1.54, 1.807) is 19.1 Å². The van der Waals surface area contributed by atoms with Crippen molar-refractivity contribution in [2.75, 3.05) is 31.1 Å². The lowest BCUT2D eigenvalue weighted by molar-refractivity contribution is 0.101. The van der Waals surface area contributed by atoms with Crippen molar-refractivity contribution in [3.05, 3.63) is 46.3 Å². The molecule has 6 heteroatoms. The van der Waals surface area contributed by atoms with Gasteiger partial charge in [-0.05, 0) is 39.0 Å². The molecule has 1 saturated heterocycles. The van der Waals surface area contributed by atoms with E-state index >= 15 is 0 Å². The lowest BCUT2D eigenvalue weighted by atomic mass is 10.0. The number of aryl methyl sites for hydroxylation is 2. The van der Waals surface area contributed by atoms with Gasteiger partial charge in [0, 0.05) is 62.3 Å². The van der Waals surface area contributed by atoms with E-state index in [4.69, 9.17) is 0 Å². The number of hydrogen-bond donors (Lipinski definition) is 0. The third-order valence-electron chi connectivity index (χ3n) is 5.26. The number of Topliss-reactive ketones (excluding diaryl/α,β-unsaturated/α-hetero) is 1. The van der Waals surface area contributed by atoms with Crippen molar-refractivity contribution in [1.29, 1.82) is 5.26 Å². The number of nitrogens with zero attached hydrogens (tertiary/aromatic N) is 5. The molecule has 0 spiro atoms. The van der Waals surface area contributed by atoms with Crippen molar-refractivity contribution >= 4 is 11.5 Å². The summed E-state index contributed by atoms with van der Waals surface area (Å²) in [6.45, 7) is 10.2. The second kappa shape index (κ2) is 7.30. The molecule has 1 aromatic heterocycles. The number of rotatable bonds is 4. The van der Waals surface area contributed by atoms with Crippen molar-refractivity contribution in [3.63, 3.8) is 0 Å². The van der Waals surface area contributed by atoms with E-state index < -0.39 is 0 Å². The standard InChI is InChI=1S/C20H25N5O/c1-14-19(15(2)23(4)22-14)13-24-7-9-25(10-8-24)20-11-17(12-21)5-6-18(20)16(3)26/h5-6,11H,7-10,13H2,1-4H3. The molecule has 136 valence electrons. The molecule has 1 aliphatic rings. The summed E-state index contributed by atoms with van der Waals surface area (Å²) < 4.78 is 1.94. The first-order valence-corrected chi connectivity index (χ1v) is 8.92. The van der Waals surface area contributed by atoms with Crippen LogP contribution in [0.25, 0.3) is 0 Å². The van der Waals surface area contributed by atoms with Gasteiger partial charge in [-0.1, -0.05) is 0 Å². The normalized spacial score (nSPS) is 15.1. The molecule has 0 amide bonds. The zero-order valence-electron chi connectivity index (χ0n) is 15.9. The molecule has 0 unspecified atom stereocenters. The van der Waals surface area contributed by atoms with Crippen LogP contribution < -0.4 is 4.90 Å². The number of carbonyl (C=O) groups is 1. The Bertz CT molecular complexity index is 869. The van der Waals surface area contributed by atoms with Crippen molar-refractivity contribution in [2.45, 2.75) is 27.3 Å². The van der Waals surface area contributed by atoms with E-state index in [0.29, 0.717) is 11.1 Å². The summed E-state index contributed by atoms with van der Waals surface area (Å²) in [6.07, 6.45) is 0. The van der Waals surface area contributed by atoms with Gasteiger partial charge in [0.15, 0.2) is 5.78 Å². The summed E-state index contributed by atoms with van der Waals surface area (Å²) in [6, 6.07) is 7.49. The van der Waals surface area contributed by atoms with E-state index in [1.807, 2.05) is 17.8 Å². The fourth-order valence-corrected chi connectivity index (χ4v) is 3.58. The third kappa shape index (κ3) is 3.49. The fourth-order valence-electron chi connectivity index (χ4n) is 3.58. The lowest BCUT2D eigenvalue weighted by Crippen LogP contribution is -2.46. The number of carbonyl (C=O) groups excluding carboxylic acids is 1. The van der Waals surface area contributed by atoms with Gasteiger partial charge in [-0.3, -0.25) is 14.4 Å². The Morgan fingerprint density at radius 2 is 1.92 bits per heavy atom. The molecule has 0 saturated carbocycles. The number of benzene rings is 1. The van der Waals surface area contributed by atoms with Crippen LogP contribution in [-0.4, -0.2) is 46.6 Å². The quantitative estimate of drug-likeness (QED) is 0.792. The Kier molecular flexibility index (Phi) is 5.10. The van der Waals surface area contributed by atoms with E-state index in [0.717, 1.165) is 44.1 Å². The molecule has 0 atom stereocenters. The summed E-state index contributed by atoms with van der Waals surface area (Å²) in [5.74, 6) is 0.0357. The molecule has 2 aromatic rings. The SMILES string of the molecule is CC(=O)c1ccc(C#N)cc1N1CCN(Cc2c(C)nn(C)c2C)CC1. The van der Waals surface area contributed by atoms with Gasteiger partial charge in [-0.2, -0.15) is 10.4 Å². The summed E-state index contributed by atoms with van der Waals surface area (Å²) in [5, 5.41) is 13.7. The van der Waals surface area contributed by atoms with Gasteiger partial charge < -0.3 is 4.90 Å². The summed E-state index contributed by atoms with van der Waals surface area (Å²) in [5.41, 5.74) is 5.77. The van der Waals surface area contributed by atoms with Crippen LogP contribution in [0.4, 0.5) is 5.69 Å². The van der Waals surface area contributed by atoms with Crippen LogP contribution in [0.3, 0.4) is 0 Å². The second-order valence-corrected chi connectivity index (χ2v) is 6.94. The minimum absolute atomic E-state index is 0.0357. The number of nitriles is 1. The van der Waals surface area contributed by atoms with Crippen LogP contribution in [0.1, 0.15) is 39.8 Å². The van der Waals surface area contributed by atoms with Crippen LogP contribution in [0.5, 0.6) is 0 Å². The summed E-state index contributed by atoms with van der Waals surface area (Å²) >= 11 is 0. The van der Waals surface area contributed by atoms with Crippen LogP contribution in [0.2, 0.25) is 0 Å². The average molecular weight is 351 g/mol. The molecule has 1 aromatic carbocycles. The van der Waals surface area contributed by atoms with Gasteiger partial charge in [0.05, 0.1) is 17.3 Å². The fraction of sp³-hybridized carbons (Fsp3) is 0.450. The molecule has 1 aliphatic heterocycles. The third-order valence-corrected chi connectivity index (χ3v) is 5.26. The molecular formula is C20H25N5O. The lowest BCUT2D eigenvalue weighted by Gasteiger charge is -2.37. The van der Waals surface area contributed by atoms with E-state index in [9.17, 15) is 10.1 Å². The number of ketones is 1. The zero-order chi connectivity index (χ0) is 18.8. The molecule has 0 N–H and O–H groups in total. The monoisotopic (exact) mass is 351 g/mol. The van der Waals surface area contributed by atoms with Gasteiger partial charge in [-0.25, -0.2) is 0 Å². The van der Waals surface area contributed by atoms with Gasteiger partial charge in [-0.15, -0.1) is 0 Å². The minimum atomic E-state index is 0.0357. The maximum Gasteiger partial charge on any atom is 0.161 e. The van der Waals surface area contributed by atoms with Gasteiger partial charge in [0.25, 0.3) is 0 Å². The Labute approximate surface area is 154 Å². The topological polar surface area (TPSA) is 65.2 Å². The highest BCUT2D eigenvalue weighted by Gasteiger charge is 2.22. The Balaban J connectivity index is 1.73. The van der Waals surface area contributed by atoms with Crippen LogP contribution in [0.15, 0.2) is 18.2 Å². The number of aromatic nitrogens is 2. The molecule has 26 heavy (non-hydrogen) atoms. The molecule has 0 aliphatic carbocycles. The molecule has 3 rings (SSSR count). The molecule has 6 nitrogen and oxygen atoms in total.